The van der Waals surface area contributed by atoms with E-state index in [2.05, 4.69) is 20.1 Å². The van der Waals surface area contributed by atoms with Gasteiger partial charge >= 0.3 is 0 Å². The van der Waals surface area contributed by atoms with Gasteiger partial charge in [-0.25, -0.2) is 4.98 Å². The zero-order valence-corrected chi connectivity index (χ0v) is 15.5. The molecule has 1 amide bonds. The monoisotopic (exact) mass is 352 g/mol. The van der Waals surface area contributed by atoms with Crippen molar-refractivity contribution in [2.24, 2.45) is 5.41 Å². The summed E-state index contributed by atoms with van der Waals surface area (Å²) in [6.45, 7) is 8.83. The van der Waals surface area contributed by atoms with E-state index in [-0.39, 0.29) is 5.41 Å². The average Bonchev–Trinajstić information content (AvgIpc) is 3.01. The summed E-state index contributed by atoms with van der Waals surface area (Å²) in [5.74, 6) is 0.291. The van der Waals surface area contributed by atoms with Crippen LogP contribution in [0.15, 0.2) is 6.20 Å². The predicted molar refractivity (Wildman–Crippen MR) is 95.1 cm³/mol. The number of piperidine rings is 1. The molecule has 2 saturated heterocycles. The van der Waals surface area contributed by atoms with Gasteiger partial charge < -0.3 is 15.0 Å². The Bertz CT molecular complexity index is 543. The number of hydrogen-bond donors (Lipinski definition) is 1. The smallest absolute Gasteiger partial charge is 0.231 e. The molecule has 7 heteroatoms. The topological polar surface area (TPSA) is 57.7 Å². The Morgan fingerprint density at radius 2 is 2.04 bits per heavy atom. The summed E-state index contributed by atoms with van der Waals surface area (Å²) in [7, 11) is 1.70. The maximum absolute atomic E-state index is 13.1. The number of methoxy groups -OCH3 is 1. The maximum Gasteiger partial charge on any atom is 0.231 e. The fourth-order valence-electron chi connectivity index (χ4n) is 3.74. The van der Waals surface area contributed by atoms with Gasteiger partial charge in [-0.05, 0) is 32.9 Å². The van der Waals surface area contributed by atoms with Crippen molar-refractivity contribution in [3.05, 3.63) is 16.1 Å². The quantitative estimate of drug-likeness (QED) is 0.860. The normalized spacial score (nSPS) is 21.8. The molecular weight excluding hydrogens is 324 g/mol. The van der Waals surface area contributed by atoms with Crippen LogP contribution in [0.2, 0.25) is 0 Å². The van der Waals surface area contributed by atoms with Crippen molar-refractivity contribution in [2.45, 2.75) is 26.3 Å². The molecule has 1 aromatic heterocycles. The second-order valence-corrected chi connectivity index (χ2v) is 8.20. The molecule has 0 atom stereocenters. The van der Waals surface area contributed by atoms with Gasteiger partial charge in [-0.2, -0.15) is 0 Å². The Kier molecular flexibility index (Phi) is 5.86. The molecule has 2 aliphatic heterocycles. The van der Waals surface area contributed by atoms with Crippen molar-refractivity contribution >= 4 is 17.2 Å². The van der Waals surface area contributed by atoms with Crippen LogP contribution in [0.1, 0.15) is 22.7 Å². The van der Waals surface area contributed by atoms with Crippen LogP contribution in [0.4, 0.5) is 0 Å². The third-order valence-electron chi connectivity index (χ3n) is 5.14. The van der Waals surface area contributed by atoms with Crippen molar-refractivity contribution in [3.63, 3.8) is 0 Å². The molecule has 0 saturated carbocycles. The van der Waals surface area contributed by atoms with Gasteiger partial charge in [-0.15, -0.1) is 11.3 Å². The minimum Gasteiger partial charge on any atom is -0.384 e. The minimum absolute atomic E-state index is 0.291. The van der Waals surface area contributed by atoms with Crippen molar-refractivity contribution in [1.29, 1.82) is 0 Å². The van der Waals surface area contributed by atoms with Gasteiger partial charge in [0.25, 0.3) is 0 Å². The number of amides is 1. The first-order valence-electron chi connectivity index (χ1n) is 8.76. The zero-order chi connectivity index (χ0) is 17.0. The highest BCUT2D eigenvalue weighted by Crippen LogP contribution is 2.32. The second-order valence-electron chi connectivity index (χ2n) is 6.88. The Labute approximate surface area is 148 Å². The zero-order valence-electron chi connectivity index (χ0n) is 14.7. The highest BCUT2D eigenvalue weighted by molar-refractivity contribution is 7.11. The number of piperazine rings is 1. The van der Waals surface area contributed by atoms with E-state index in [1.54, 1.807) is 18.4 Å². The van der Waals surface area contributed by atoms with E-state index in [0.717, 1.165) is 63.7 Å². The first-order valence-corrected chi connectivity index (χ1v) is 9.57. The molecule has 3 heterocycles. The first kappa shape index (κ1) is 17.8. The number of ether oxygens (including phenoxy) is 1. The number of rotatable bonds is 5. The molecule has 1 aromatic rings. The lowest BCUT2D eigenvalue weighted by atomic mass is 9.78. The van der Waals surface area contributed by atoms with E-state index in [4.69, 9.17) is 4.74 Å². The number of nitrogens with one attached hydrogen (secondary N) is 1. The Hall–Kier alpha value is -1.02. The minimum atomic E-state index is -0.322. The van der Waals surface area contributed by atoms with Gasteiger partial charge in [0.05, 0.1) is 17.0 Å². The Morgan fingerprint density at radius 3 is 2.62 bits per heavy atom. The van der Waals surface area contributed by atoms with Crippen molar-refractivity contribution in [1.82, 2.24) is 20.1 Å². The summed E-state index contributed by atoms with van der Waals surface area (Å²) in [5, 5.41) is 4.47. The van der Waals surface area contributed by atoms with E-state index < -0.39 is 0 Å². The summed E-state index contributed by atoms with van der Waals surface area (Å²) < 4.78 is 5.41. The van der Waals surface area contributed by atoms with Gasteiger partial charge in [-0.3, -0.25) is 9.69 Å². The molecule has 0 radical (unpaired) electrons. The van der Waals surface area contributed by atoms with Gasteiger partial charge in [0.15, 0.2) is 0 Å². The highest BCUT2D eigenvalue weighted by atomic mass is 32.1. The van der Waals surface area contributed by atoms with Crippen LogP contribution in [0, 0.1) is 12.3 Å². The van der Waals surface area contributed by atoms with Crippen LogP contribution < -0.4 is 5.32 Å². The van der Waals surface area contributed by atoms with Crippen LogP contribution >= 0.6 is 11.3 Å². The van der Waals surface area contributed by atoms with E-state index in [9.17, 15) is 4.79 Å². The molecule has 2 fully saturated rings. The van der Waals surface area contributed by atoms with Gasteiger partial charge in [-0.1, -0.05) is 0 Å². The maximum atomic E-state index is 13.1. The van der Waals surface area contributed by atoms with Crippen LogP contribution in [0.5, 0.6) is 0 Å². The molecule has 134 valence electrons. The molecule has 6 nitrogen and oxygen atoms in total. The first-order chi connectivity index (χ1) is 11.6. The molecule has 0 unspecified atom stereocenters. The second kappa shape index (κ2) is 7.91. The third kappa shape index (κ3) is 3.96. The molecule has 0 aliphatic carbocycles. The summed E-state index contributed by atoms with van der Waals surface area (Å²) >= 11 is 1.76. The molecular formula is C17H28N4O2S. The highest BCUT2D eigenvalue weighted by Gasteiger charge is 2.42. The van der Waals surface area contributed by atoms with Crippen LogP contribution in [0.3, 0.4) is 0 Å². The molecule has 1 N–H and O–H groups in total. The summed E-state index contributed by atoms with van der Waals surface area (Å²) in [6, 6.07) is 0. The van der Waals surface area contributed by atoms with E-state index in [1.165, 1.54) is 4.88 Å². The number of hydrogen-bond acceptors (Lipinski definition) is 6. The fourth-order valence-corrected chi connectivity index (χ4v) is 4.58. The summed E-state index contributed by atoms with van der Waals surface area (Å²) in [6.07, 6.45) is 3.72. The number of nitrogens with zero attached hydrogens (tertiary/aromatic N) is 3. The average molecular weight is 353 g/mol. The standard InChI is InChI=1S/C17H28N4O2S/c1-14-19-11-15(24-14)12-20-7-9-21(10-8-20)16(22)17(13-23-2)3-5-18-6-4-17/h11,18H,3-10,12-13H2,1-2H3. The van der Waals surface area contributed by atoms with E-state index in [1.807, 2.05) is 13.1 Å². The number of carbonyl (C=O) groups is 1. The van der Waals surface area contributed by atoms with Crippen molar-refractivity contribution in [2.75, 3.05) is 53.0 Å². The largest absolute Gasteiger partial charge is 0.384 e. The number of aromatic nitrogens is 1. The third-order valence-corrected chi connectivity index (χ3v) is 6.04. The fraction of sp³-hybridized carbons (Fsp3) is 0.765. The molecule has 2 aliphatic rings. The van der Waals surface area contributed by atoms with Gasteiger partial charge in [0.2, 0.25) is 5.91 Å². The summed E-state index contributed by atoms with van der Waals surface area (Å²) in [5.41, 5.74) is -0.322. The number of carbonyl (C=O) groups excluding carboxylic acids is 1. The van der Waals surface area contributed by atoms with Gasteiger partial charge in [0, 0.05) is 50.9 Å². The van der Waals surface area contributed by atoms with Crippen LogP contribution in [-0.4, -0.2) is 73.7 Å². The molecule has 0 spiro atoms. The molecule has 24 heavy (non-hydrogen) atoms. The Morgan fingerprint density at radius 1 is 1.33 bits per heavy atom. The number of thiazole rings is 1. The molecule has 0 aromatic carbocycles. The SMILES string of the molecule is COCC1(C(=O)N2CCN(Cc3cnc(C)s3)CC2)CCNCC1. The Balaban J connectivity index is 1.55. The molecule has 0 bridgehead atoms. The summed E-state index contributed by atoms with van der Waals surface area (Å²) in [4.78, 5) is 23.2. The van der Waals surface area contributed by atoms with E-state index in [0.29, 0.717) is 12.5 Å². The van der Waals surface area contributed by atoms with Gasteiger partial charge in [0.1, 0.15) is 0 Å². The predicted octanol–water partition coefficient (Wildman–Crippen LogP) is 1.11. The van der Waals surface area contributed by atoms with E-state index >= 15 is 0 Å². The lowest BCUT2D eigenvalue weighted by molar-refractivity contribution is -0.149. The lowest BCUT2D eigenvalue weighted by Gasteiger charge is -2.42. The van der Waals surface area contributed by atoms with Crippen LogP contribution in [-0.2, 0) is 16.1 Å². The van der Waals surface area contributed by atoms with Crippen molar-refractivity contribution < 1.29 is 9.53 Å². The lowest BCUT2D eigenvalue weighted by Crippen LogP contribution is -2.56. The molecule has 3 rings (SSSR count). The van der Waals surface area contributed by atoms with Crippen molar-refractivity contribution in [3.8, 4) is 0 Å². The van der Waals surface area contributed by atoms with Crippen LogP contribution in [0.25, 0.3) is 0 Å². The number of aryl methyl sites for hydroxylation is 1.